The molecule has 0 bridgehead atoms. The van der Waals surface area contributed by atoms with Crippen LogP contribution in [0.1, 0.15) is 19.8 Å². The minimum atomic E-state index is -1.60. The number of nitrogens with one attached hydrogen (secondary N) is 1. The summed E-state index contributed by atoms with van der Waals surface area (Å²) in [6.45, 7) is 4.92. The maximum atomic E-state index is 14.5. The van der Waals surface area contributed by atoms with Crippen molar-refractivity contribution in [3.63, 3.8) is 0 Å². The second-order valence-corrected chi connectivity index (χ2v) is 7.26. The first-order valence-corrected chi connectivity index (χ1v) is 10.3. The summed E-state index contributed by atoms with van der Waals surface area (Å²) in [5, 5.41) is 28.2. The number of nitrogens with two attached hydrogens (primary N) is 1. The molecule has 0 unspecified atom stereocenters. The van der Waals surface area contributed by atoms with Gasteiger partial charge in [0.15, 0.2) is 17.4 Å². The summed E-state index contributed by atoms with van der Waals surface area (Å²) < 4.78 is 20.6. The number of piperazine rings is 1. The second kappa shape index (κ2) is 11.9. The van der Waals surface area contributed by atoms with Crippen LogP contribution in [0.4, 0.5) is 15.0 Å². The number of hydrogen-bond donors (Lipinski definition) is 5. The third kappa shape index (κ3) is 6.86. The summed E-state index contributed by atoms with van der Waals surface area (Å²) in [4.78, 5) is 49.1. The minimum absolute atomic E-state index is 0.00742. The third-order valence-electron chi connectivity index (χ3n) is 4.89. The highest BCUT2D eigenvalue weighted by atomic mass is 19.1. The van der Waals surface area contributed by atoms with Gasteiger partial charge in [0.25, 0.3) is 0 Å². The van der Waals surface area contributed by atoms with E-state index in [0.29, 0.717) is 25.3 Å². The maximum Gasteiger partial charge on any atom is 0.511 e. The van der Waals surface area contributed by atoms with E-state index in [4.69, 9.17) is 21.1 Å². The van der Waals surface area contributed by atoms with Gasteiger partial charge < -0.3 is 40.6 Å². The van der Waals surface area contributed by atoms with E-state index in [2.05, 4.69) is 15.0 Å². The number of halogens is 1. The van der Waals surface area contributed by atoms with Gasteiger partial charge in [-0.15, -0.1) is 0 Å². The number of aromatic nitrogens is 2. The molecule has 14 heteroatoms. The number of carbonyl (C=O) groups is 3. The molecule has 0 spiro atoms. The molecular formula is C20H26FN5O8. The molecule has 1 aliphatic heterocycles. The molecule has 1 fully saturated rings. The Morgan fingerprint density at radius 2 is 1.91 bits per heavy atom. The van der Waals surface area contributed by atoms with Crippen molar-refractivity contribution in [3.8, 4) is 5.75 Å². The van der Waals surface area contributed by atoms with Gasteiger partial charge in [-0.2, -0.15) is 0 Å². The summed E-state index contributed by atoms with van der Waals surface area (Å²) in [6, 6.07) is 0.0409. The van der Waals surface area contributed by atoms with Crippen LogP contribution in [0.2, 0.25) is 0 Å². The van der Waals surface area contributed by atoms with Gasteiger partial charge in [-0.1, -0.05) is 0 Å². The minimum Gasteiger partial charge on any atom is -0.481 e. The van der Waals surface area contributed by atoms with Gasteiger partial charge in [0.05, 0.1) is 11.6 Å². The lowest BCUT2D eigenvalue weighted by atomic mass is 10.2. The fourth-order valence-corrected chi connectivity index (χ4v) is 3.16. The molecule has 0 amide bonds. The van der Waals surface area contributed by atoms with Crippen molar-refractivity contribution in [2.75, 3.05) is 31.1 Å². The van der Waals surface area contributed by atoms with Crippen LogP contribution in [0, 0.1) is 5.82 Å². The Balaban J connectivity index is 0.000000347. The van der Waals surface area contributed by atoms with E-state index in [1.807, 2.05) is 11.8 Å². The molecule has 0 aliphatic carbocycles. The molecule has 0 radical (unpaired) electrons. The predicted octanol–water partition coefficient (Wildman–Crippen LogP) is 0.285. The summed E-state index contributed by atoms with van der Waals surface area (Å²) in [6.07, 6.45) is -0.538. The number of nitrogens with zero attached hydrogens (tertiary/aromatic N) is 3. The number of aliphatic carboxylic acids is 2. The molecule has 186 valence electrons. The highest BCUT2D eigenvalue weighted by Crippen LogP contribution is 2.23. The maximum absolute atomic E-state index is 14.5. The summed E-state index contributed by atoms with van der Waals surface area (Å²) in [7, 11) is 0. The van der Waals surface area contributed by atoms with Crippen molar-refractivity contribution in [2.45, 2.75) is 32.4 Å². The van der Waals surface area contributed by atoms with E-state index in [9.17, 15) is 23.6 Å². The molecule has 0 saturated carbocycles. The molecular weight excluding hydrogens is 457 g/mol. The van der Waals surface area contributed by atoms with Gasteiger partial charge in [-0.25, -0.2) is 14.2 Å². The molecule has 6 N–H and O–H groups in total. The first kappa shape index (κ1) is 26.5. The fraction of sp³-hybridized carbons (Fsp3) is 0.450. The number of carboxylic acids is 2. The normalized spacial score (nSPS) is 14.1. The Morgan fingerprint density at radius 3 is 2.44 bits per heavy atom. The Kier molecular flexibility index (Phi) is 9.27. The lowest BCUT2D eigenvalue weighted by molar-refractivity contribution is -0.139. The zero-order valence-electron chi connectivity index (χ0n) is 18.4. The quantitative estimate of drug-likeness (QED) is 0.338. The largest absolute Gasteiger partial charge is 0.511 e. The molecule has 34 heavy (non-hydrogen) atoms. The van der Waals surface area contributed by atoms with Crippen LogP contribution in [0.15, 0.2) is 17.1 Å². The van der Waals surface area contributed by atoms with Crippen molar-refractivity contribution < 1.29 is 38.8 Å². The smallest absolute Gasteiger partial charge is 0.481 e. The number of ether oxygens (including phenoxy) is 1. The SMILES string of the molecule is CCn1cc(OC(=O)O)c(=O)c2cc(F)c(N3CCNCC3)nc21.N[C@@H](CCC(=O)O)C(=O)O. The zero-order chi connectivity index (χ0) is 25.4. The van der Waals surface area contributed by atoms with Crippen LogP contribution in [0.25, 0.3) is 11.0 Å². The summed E-state index contributed by atoms with van der Waals surface area (Å²) in [5.41, 5.74) is 4.60. The van der Waals surface area contributed by atoms with Crippen molar-refractivity contribution in [1.29, 1.82) is 0 Å². The van der Waals surface area contributed by atoms with Gasteiger partial charge in [-0.05, 0) is 19.4 Å². The van der Waals surface area contributed by atoms with Crippen molar-refractivity contribution in [1.82, 2.24) is 14.9 Å². The molecule has 13 nitrogen and oxygen atoms in total. The van der Waals surface area contributed by atoms with Crippen molar-refractivity contribution in [2.24, 2.45) is 5.73 Å². The lowest BCUT2D eigenvalue weighted by Crippen LogP contribution is -2.44. The number of aryl methyl sites for hydroxylation is 1. The molecule has 1 saturated heterocycles. The number of hydrogen-bond acceptors (Lipinski definition) is 9. The topological polar surface area (TPSA) is 197 Å². The van der Waals surface area contributed by atoms with Gasteiger partial charge in [-0.3, -0.25) is 14.4 Å². The van der Waals surface area contributed by atoms with Gasteiger partial charge in [0, 0.05) is 39.1 Å². The summed E-state index contributed by atoms with van der Waals surface area (Å²) >= 11 is 0. The van der Waals surface area contributed by atoms with E-state index in [1.165, 1.54) is 6.20 Å². The average Bonchev–Trinajstić information content (AvgIpc) is 2.79. The number of fused-ring (bicyclic) bond motifs is 1. The van der Waals surface area contributed by atoms with Crippen LogP contribution in [0.3, 0.4) is 0 Å². The predicted molar refractivity (Wildman–Crippen MR) is 118 cm³/mol. The van der Waals surface area contributed by atoms with Crippen molar-refractivity contribution in [3.05, 3.63) is 28.3 Å². The molecule has 0 aromatic carbocycles. The van der Waals surface area contributed by atoms with Crippen LogP contribution < -0.4 is 26.1 Å². The van der Waals surface area contributed by atoms with Crippen LogP contribution in [-0.4, -0.2) is 75.2 Å². The Bertz CT molecular complexity index is 1120. The Labute approximate surface area is 192 Å². The highest BCUT2D eigenvalue weighted by molar-refractivity contribution is 5.79. The van der Waals surface area contributed by atoms with E-state index in [-0.39, 0.29) is 29.8 Å². The van der Waals surface area contributed by atoms with E-state index in [1.54, 1.807) is 4.57 Å². The Morgan fingerprint density at radius 1 is 1.26 bits per heavy atom. The molecule has 3 heterocycles. The molecule has 3 rings (SSSR count). The van der Waals surface area contributed by atoms with Crippen LogP contribution in [-0.2, 0) is 16.1 Å². The number of carboxylic acid groups (broad SMARTS) is 3. The Hall–Kier alpha value is -3.78. The standard InChI is InChI=1S/C15H17FN4O4.C5H9NO4/c1-2-19-8-11(24-15(22)23)12(21)9-7-10(16)14(18-13(9)19)20-5-3-17-4-6-20;6-3(5(9)10)1-2-4(7)8/h7-8,17H,2-6H2,1H3,(H,22,23);3H,1-2,6H2,(H,7,8)(H,9,10)/t;3-/m.0/s1. The van der Waals surface area contributed by atoms with E-state index < -0.39 is 35.4 Å². The van der Waals surface area contributed by atoms with E-state index in [0.717, 1.165) is 19.2 Å². The monoisotopic (exact) mass is 483 g/mol. The van der Waals surface area contributed by atoms with Crippen molar-refractivity contribution >= 4 is 34.9 Å². The van der Waals surface area contributed by atoms with Crippen LogP contribution in [0.5, 0.6) is 5.75 Å². The fourth-order valence-electron chi connectivity index (χ4n) is 3.16. The molecule has 1 atom stereocenters. The third-order valence-corrected chi connectivity index (χ3v) is 4.89. The lowest BCUT2D eigenvalue weighted by Gasteiger charge is -2.29. The van der Waals surface area contributed by atoms with Crippen LogP contribution >= 0.6 is 0 Å². The zero-order valence-corrected chi connectivity index (χ0v) is 18.4. The van der Waals surface area contributed by atoms with Gasteiger partial charge >= 0.3 is 18.1 Å². The van der Waals surface area contributed by atoms with E-state index >= 15 is 0 Å². The molecule has 1 aliphatic rings. The second-order valence-electron chi connectivity index (χ2n) is 7.26. The first-order valence-electron chi connectivity index (χ1n) is 10.3. The molecule has 2 aromatic rings. The average molecular weight is 483 g/mol. The molecule has 2 aromatic heterocycles. The first-order chi connectivity index (χ1) is 16.0. The number of rotatable bonds is 7. The van der Waals surface area contributed by atoms with Gasteiger partial charge in [0.1, 0.15) is 11.7 Å². The van der Waals surface area contributed by atoms with Gasteiger partial charge in [0.2, 0.25) is 5.43 Å². The summed E-state index contributed by atoms with van der Waals surface area (Å²) in [5.74, 6) is -2.99. The number of anilines is 1. The highest BCUT2D eigenvalue weighted by Gasteiger charge is 2.21. The number of pyridine rings is 2.